The van der Waals surface area contributed by atoms with Crippen LogP contribution in [0.25, 0.3) is 0 Å². The number of aliphatic carboxylic acids is 1. The van der Waals surface area contributed by atoms with Crippen LogP contribution in [0.4, 0.5) is 0 Å². The number of aliphatic hydroxyl groups is 2. The molecule has 0 aromatic heterocycles. The highest BCUT2D eigenvalue weighted by Gasteiger charge is 2.70. The molecule has 0 aromatic carbocycles. The Labute approximate surface area is 137 Å². The molecule has 17 heteroatoms. The number of amides is 2. The molecular weight excluding hydrogens is 398 g/mol. The molecule has 0 radical (unpaired) electrons. The van der Waals surface area contributed by atoms with Gasteiger partial charge < -0.3 is 20.2 Å². The number of carboxylic acids is 1. The van der Waals surface area contributed by atoms with Crippen LogP contribution in [-0.4, -0.2) is 86.4 Å². The van der Waals surface area contributed by atoms with Gasteiger partial charge in [-0.2, -0.15) is 16.8 Å². The number of hydrogen-bond donors (Lipinski definition) is 5. The van der Waals surface area contributed by atoms with Crippen molar-refractivity contribution in [3.05, 3.63) is 0 Å². The lowest BCUT2D eigenvalue weighted by Crippen LogP contribution is -2.53. The summed E-state index contributed by atoms with van der Waals surface area (Å²) in [6.45, 7) is 0. The highest BCUT2D eigenvalue weighted by molar-refractivity contribution is 8.06. The van der Waals surface area contributed by atoms with E-state index in [2.05, 4.69) is 4.84 Å². The van der Waals surface area contributed by atoms with E-state index in [-0.39, 0.29) is 0 Å². The minimum atomic E-state index is -5.97. The Morgan fingerprint density at radius 3 is 1.80 bits per heavy atom. The predicted octanol–water partition coefficient (Wildman–Crippen LogP) is -4.52. The first-order chi connectivity index (χ1) is 11.1. The van der Waals surface area contributed by atoms with Crippen molar-refractivity contribution in [3.63, 3.8) is 0 Å². The molecule has 142 valence electrons. The number of carbonyl (C=O) groups is 4. The molecule has 0 unspecified atom stereocenters. The Balaban J connectivity index is 3.26. The Hall–Kier alpha value is -2.18. The van der Waals surface area contributed by atoms with Gasteiger partial charge in [0, 0.05) is 0 Å². The third-order valence-corrected chi connectivity index (χ3v) is 6.50. The average Bonchev–Trinajstić information content (AvgIpc) is 2.69. The predicted molar refractivity (Wildman–Crippen MR) is 68.0 cm³/mol. The molecule has 0 spiro atoms. The highest BCUT2D eigenvalue weighted by Crippen LogP contribution is 2.36. The van der Waals surface area contributed by atoms with Crippen molar-refractivity contribution in [1.29, 1.82) is 0 Å². The molecule has 0 aromatic rings. The molecule has 1 aliphatic rings. The lowest BCUT2D eigenvalue weighted by Gasteiger charge is -2.20. The standard InChI is InChI=1S/C8H9NO14S2/c10-2-1-8(24(17,18)19,25(20,21)22)7(16)9(2)23-6(15)4(12)3(11)5(13)14/h3-4,11-12H,1H2,(H,13,14)(H,17,18,19)(H,20,21,22)/t3-,4+/m0/s1. The van der Waals surface area contributed by atoms with Crippen molar-refractivity contribution in [2.45, 2.75) is 22.7 Å². The molecule has 0 bridgehead atoms. The zero-order chi connectivity index (χ0) is 20.0. The number of rotatable bonds is 6. The minimum absolute atomic E-state index is 0.818. The van der Waals surface area contributed by atoms with E-state index >= 15 is 0 Å². The van der Waals surface area contributed by atoms with Crippen LogP contribution in [0.1, 0.15) is 6.42 Å². The van der Waals surface area contributed by atoms with Gasteiger partial charge in [-0.05, 0) is 0 Å². The Kier molecular flexibility index (Phi) is 5.24. The van der Waals surface area contributed by atoms with Crippen LogP contribution in [-0.2, 0) is 44.3 Å². The van der Waals surface area contributed by atoms with E-state index in [9.17, 15) is 36.0 Å². The van der Waals surface area contributed by atoms with E-state index in [0.29, 0.717) is 0 Å². The summed E-state index contributed by atoms with van der Waals surface area (Å²) in [4.78, 5) is 49.1. The molecule has 5 N–H and O–H groups in total. The van der Waals surface area contributed by atoms with Gasteiger partial charge in [-0.1, -0.05) is 5.06 Å². The van der Waals surface area contributed by atoms with Crippen LogP contribution in [0.5, 0.6) is 0 Å². The summed E-state index contributed by atoms with van der Waals surface area (Å²) in [6, 6.07) is 0. The molecule has 2 atom stereocenters. The van der Waals surface area contributed by atoms with E-state index in [4.69, 9.17) is 24.4 Å². The fraction of sp³-hybridized carbons (Fsp3) is 0.500. The van der Waals surface area contributed by atoms with E-state index in [1.807, 2.05) is 0 Å². The maximum atomic E-state index is 11.9. The van der Waals surface area contributed by atoms with Gasteiger partial charge in [0.2, 0.25) is 0 Å². The van der Waals surface area contributed by atoms with Crippen molar-refractivity contribution in [2.24, 2.45) is 0 Å². The van der Waals surface area contributed by atoms with Crippen LogP contribution >= 0.6 is 0 Å². The number of imide groups is 1. The molecule has 25 heavy (non-hydrogen) atoms. The summed E-state index contributed by atoms with van der Waals surface area (Å²) in [7, 11) is -11.9. The third-order valence-electron chi connectivity index (χ3n) is 2.93. The molecule has 1 aliphatic heterocycles. The number of hydrogen-bond acceptors (Lipinski definition) is 11. The fourth-order valence-electron chi connectivity index (χ4n) is 1.65. The molecular formula is C8H9NO14S2. The molecule has 0 aliphatic carbocycles. The molecule has 1 fully saturated rings. The summed E-state index contributed by atoms with van der Waals surface area (Å²) >= 11 is 0. The SMILES string of the molecule is O=C(O)[C@@H](O)[C@@H](O)C(=O)ON1C(=O)CC(S(=O)(=O)O)(S(=O)(=O)O)C1=O. The number of carboxylic acid groups (broad SMARTS) is 1. The van der Waals surface area contributed by atoms with Gasteiger partial charge in [-0.25, -0.2) is 9.59 Å². The number of carbonyl (C=O) groups excluding carboxylic acids is 3. The number of aliphatic hydroxyl groups excluding tert-OH is 2. The summed E-state index contributed by atoms with van der Waals surface area (Å²) < 4.78 is 58.7. The monoisotopic (exact) mass is 407 g/mol. The molecule has 1 heterocycles. The van der Waals surface area contributed by atoms with E-state index in [0.717, 1.165) is 0 Å². The first-order valence-electron chi connectivity index (χ1n) is 5.70. The first kappa shape index (κ1) is 20.9. The van der Waals surface area contributed by atoms with E-state index in [1.54, 1.807) is 0 Å². The van der Waals surface area contributed by atoms with Crippen LogP contribution in [0.2, 0.25) is 0 Å². The lowest BCUT2D eigenvalue weighted by molar-refractivity contribution is -0.207. The maximum Gasteiger partial charge on any atom is 0.364 e. The van der Waals surface area contributed by atoms with Gasteiger partial charge >= 0.3 is 21.9 Å². The van der Waals surface area contributed by atoms with Crippen molar-refractivity contribution >= 4 is 44.0 Å². The second-order valence-corrected chi connectivity index (χ2v) is 8.06. The summed E-state index contributed by atoms with van der Waals surface area (Å²) in [6.07, 6.45) is -7.51. The van der Waals surface area contributed by atoms with Crippen molar-refractivity contribution in [3.8, 4) is 0 Å². The maximum absolute atomic E-state index is 11.9. The number of hydroxylamine groups is 2. The van der Waals surface area contributed by atoms with Crippen molar-refractivity contribution in [2.75, 3.05) is 0 Å². The zero-order valence-corrected chi connectivity index (χ0v) is 13.2. The highest BCUT2D eigenvalue weighted by atomic mass is 32.3. The Morgan fingerprint density at radius 1 is 1.04 bits per heavy atom. The number of nitrogens with zero attached hydrogens (tertiary/aromatic N) is 1. The van der Waals surface area contributed by atoms with Crippen LogP contribution in [0.15, 0.2) is 0 Å². The van der Waals surface area contributed by atoms with Gasteiger partial charge in [-0.3, -0.25) is 18.7 Å². The molecule has 2 amide bonds. The lowest BCUT2D eigenvalue weighted by atomic mass is 10.2. The zero-order valence-electron chi connectivity index (χ0n) is 11.5. The first-order valence-corrected chi connectivity index (χ1v) is 8.58. The van der Waals surface area contributed by atoms with E-state index in [1.165, 1.54) is 0 Å². The van der Waals surface area contributed by atoms with Crippen molar-refractivity contribution < 1.29 is 65.3 Å². The molecule has 1 rings (SSSR count). The van der Waals surface area contributed by atoms with Gasteiger partial charge in [0.15, 0.2) is 12.2 Å². The van der Waals surface area contributed by atoms with Crippen molar-refractivity contribution in [1.82, 2.24) is 5.06 Å². The Morgan fingerprint density at radius 2 is 1.48 bits per heavy atom. The fourth-order valence-corrected chi connectivity index (χ4v) is 3.93. The molecule has 15 nitrogen and oxygen atoms in total. The minimum Gasteiger partial charge on any atom is -0.479 e. The Bertz CT molecular complexity index is 808. The smallest absolute Gasteiger partial charge is 0.364 e. The summed E-state index contributed by atoms with van der Waals surface area (Å²) in [5.41, 5.74) is 0. The summed E-state index contributed by atoms with van der Waals surface area (Å²) in [5.74, 6) is -8.55. The van der Waals surface area contributed by atoms with Gasteiger partial charge in [0.05, 0.1) is 6.42 Å². The molecule has 1 saturated heterocycles. The second kappa shape index (κ2) is 6.28. The van der Waals surface area contributed by atoms with Gasteiger partial charge in [-0.15, -0.1) is 0 Å². The molecule has 0 saturated carbocycles. The van der Waals surface area contributed by atoms with Crippen LogP contribution < -0.4 is 0 Å². The van der Waals surface area contributed by atoms with E-state index < -0.39 is 71.8 Å². The normalized spacial score (nSPS) is 20.2. The quantitative estimate of drug-likeness (QED) is 0.205. The third kappa shape index (κ3) is 3.32. The van der Waals surface area contributed by atoms with Crippen LogP contribution in [0.3, 0.4) is 0 Å². The second-order valence-electron chi connectivity index (χ2n) is 4.51. The largest absolute Gasteiger partial charge is 0.479 e. The van der Waals surface area contributed by atoms with Crippen LogP contribution in [0, 0.1) is 0 Å². The van der Waals surface area contributed by atoms with Gasteiger partial charge in [0.25, 0.3) is 26.1 Å². The topological polar surface area (TPSA) is 250 Å². The van der Waals surface area contributed by atoms with Gasteiger partial charge in [0.1, 0.15) is 0 Å². The summed E-state index contributed by atoms with van der Waals surface area (Å²) in [5, 5.41) is 25.6. The average molecular weight is 407 g/mol.